The molecule has 0 aromatic carbocycles. The molecule has 1 aromatic heterocycles. The number of aliphatic carboxylic acids is 1. The molecule has 0 fully saturated rings. The Bertz CT molecular complexity index is 586. The van der Waals surface area contributed by atoms with Crippen molar-refractivity contribution < 1.29 is 19.4 Å². The molecule has 1 atom stereocenters. The van der Waals surface area contributed by atoms with Gasteiger partial charge in [0.2, 0.25) is 0 Å². The lowest BCUT2D eigenvalue weighted by Crippen LogP contribution is -2.36. The van der Waals surface area contributed by atoms with E-state index in [4.69, 9.17) is 4.74 Å². The lowest BCUT2D eigenvalue weighted by molar-refractivity contribution is -0.138. The molecule has 1 amide bonds. The summed E-state index contributed by atoms with van der Waals surface area (Å²) in [7, 11) is 1.57. The third kappa shape index (κ3) is 5.29. The second kappa shape index (κ2) is 6.43. The number of amides is 1. The summed E-state index contributed by atoms with van der Waals surface area (Å²) < 4.78 is 6.37. The molecule has 7 nitrogen and oxygen atoms in total. The number of aryl methyl sites for hydroxylation is 1. The largest absolute Gasteiger partial charge is 0.481 e. The standard InChI is InChI=1S/C14H20N2O5/c1-14(2,3)21-13(20)15-8-10(12(18)19)9-5-6-16(4)11(17)7-9/h5-7,10H,8H2,1-4H3,(H,15,20)(H,18,19). The molecule has 21 heavy (non-hydrogen) atoms. The second-order valence-electron chi connectivity index (χ2n) is 5.68. The van der Waals surface area contributed by atoms with E-state index in [1.807, 2.05) is 0 Å². The first-order chi connectivity index (χ1) is 9.60. The summed E-state index contributed by atoms with van der Waals surface area (Å²) in [5.74, 6) is -2.13. The minimum Gasteiger partial charge on any atom is -0.481 e. The molecule has 0 aliphatic carbocycles. The molecule has 7 heteroatoms. The Morgan fingerprint density at radius 3 is 2.52 bits per heavy atom. The number of nitrogens with zero attached hydrogens (tertiary/aromatic N) is 1. The molecule has 0 saturated heterocycles. The van der Waals surface area contributed by atoms with E-state index in [0.29, 0.717) is 5.56 Å². The molecule has 1 aromatic rings. The average molecular weight is 296 g/mol. The molecule has 0 aliphatic heterocycles. The Morgan fingerprint density at radius 1 is 1.43 bits per heavy atom. The van der Waals surface area contributed by atoms with Gasteiger partial charge in [0.15, 0.2) is 0 Å². The smallest absolute Gasteiger partial charge is 0.407 e. The summed E-state index contributed by atoms with van der Waals surface area (Å²) in [6.45, 7) is 4.98. The number of aromatic nitrogens is 1. The topological polar surface area (TPSA) is 97.6 Å². The SMILES string of the molecule is Cn1ccc(C(CNC(=O)OC(C)(C)C)C(=O)O)cc1=O. The number of hydrogen-bond donors (Lipinski definition) is 2. The molecule has 0 aliphatic rings. The third-order valence-corrected chi connectivity index (χ3v) is 2.68. The van der Waals surface area contributed by atoms with Crippen LogP contribution in [0.4, 0.5) is 4.79 Å². The molecule has 0 saturated carbocycles. The fourth-order valence-corrected chi connectivity index (χ4v) is 1.63. The van der Waals surface area contributed by atoms with Gasteiger partial charge in [-0.25, -0.2) is 4.79 Å². The number of pyridine rings is 1. The molecule has 1 heterocycles. The number of carbonyl (C=O) groups is 2. The van der Waals surface area contributed by atoms with E-state index in [-0.39, 0.29) is 12.1 Å². The van der Waals surface area contributed by atoms with E-state index in [2.05, 4.69) is 5.32 Å². The fraction of sp³-hybridized carbons (Fsp3) is 0.500. The first kappa shape index (κ1) is 16.7. The van der Waals surface area contributed by atoms with Crippen LogP contribution in [-0.2, 0) is 16.6 Å². The molecule has 116 valence electrons. The number of nitrogens with one attached hydrogen (secondary N) is 1. The Balaban J connectivity index is 2.79. The number of rotatable bonds is 4. The Kier molecular flexibility index (Phi) is 5.12. The Morgan fingerprint density at radius 2 is 2.05 bits per heavy atom. The van der Waals surface area contributed by atoms with Crippen LogP contribution < -0.4 is 10.9 Å². The normalized spacial score (nSPS) is 12.6. The molecule has 2 N–H and O–H groups in total. The molecular weight excluding hydrogens is 276 g/mol. The lowest BCUT2D eigenvalue weighted by Gasteiger charge is -2.21. The van der Waals surface area contributed by atoms with Gasteiger partial charge in [-0.05, 0) is 32.4 Å². The van der Waals surface area contributed by atoms with Gasteiger partial charge in [-0.1, -0.05) is 0 Å². The quantitative estimate of drug-likeness (QED) is 0.866. The van der Waals surface area contributed by atoms with Crippen LogP contribution in [-0.4, -0.2) is 33.9 Å². The minimum absolute atomic E-state index is 0.155. The summed E-state index contributed by atoms with van der Waals surface area (Å²) in [5.41, 5.74) is -0.636. The van der Waals surface area contributed by atoms with Gasteiger partial charge in [-0.2, -0.15) is 0 Å². The molecule has 0 spiro atoms. The van der Waals surface area contributed by atoms with Crippen molar-refractivity contribution in [3.63, 3.8) is 0 Å². The van der Waals surface area contributed by atoms with Crippen LogP contribution in [0.3, 0.4) is 0 Å². The highest BCUT2D eigenvalue weighted by Crippen LogP contribution is 2.14. The first-order valence-corrected chi connectivity index (χ1v) is 6.46. The van der Waals surface area contributed by atoms with Crippen LogP contribution in [0.1, 0.15) is 32.3 Å². The number of alkyl carbamates (subject to hydrolysis) is 1. The molecule has 0 radical (unpaired) electrons. The average Bonchev–Trinajstić information content (AvgIpc) is 2.31. The van der Waals surface area contributed by atoms with Crippen LogP contribution in [0.25, 0.3) is 0 Å². The maximum Gasteiger partial charge on any atom is 0.407 e. The lowest BCUT2D eigenvalue weighted by atomic mass is 10.0. The van der Waals surface area contributed by atoms with E-state index in [9.17, 15) is 19.5 Å². The number of carbonyl (C=O) groups excluding carboxylic acids is 1. The van der Waals surface area contributed by atoms with Crippen molar-refractivity contribution in [1.29, 1.82) is 0 Å². The maximum absolute atomic E-state index is 11.6. The number of carboxylic acid groups (broad SMARTS) is 1. The summed E-state index contributed by atoms with van der Waals surface area (Å²) in [4.78, 5) is 34.4. The number of ether oxygens (including phenoxy) is 1. The van der Waals surface area contributed by atoms with Crippen LogP contribution in [0.2, 0.25) is 0 Å². The van der Waals surface area contributed by atoms with E-state index in [1.54, 1.807) is 27.8 Å². The second-order valence-corrected chi connectivity index (χ2v) is 5.68. The fourth-order valence-electron chi connectivity index (χ4n) is 1.63. The summed E-state index contributed by atoms with van der Waals surface area (Å²) in [5, 5.41) is 11.6. The zero-order valence-corrected chi connectivity index (χ0v) is 12.5. The Labute approximate surface area is 122 Å². The molecule has 1 unspecified atom stereocenters. The predicted octanol–water partition coefficient (Wildman–Crippen LogP) is 1.08. The van der Waals surface area contributed by atoms with E-state index >= 15 is 0 Å². The Hall–Kier alpha value is -2.31. The molecular formula is C14H20N2O5. The summed E-state index contributed by atoms with van der Waals surface area (Å²) >= 11 is 0. The molecule has 0 bridgehead atoms. The zero-order chi connectivity index (χ0) is 16.2. The van der Waals surface area contributed by atoms with Gasteiger partial charge in [0.1, 0.15) is 5.60 Å². The maximum atomic E-state index is 11.6. The summed E-state index contributed by atoms with van der Waals surface area (Å²) in [6.07, 6.45) is 0.791. The van der Waals surface area contributed by atoms with Crippen molar-refractivity contribution in [3.05, 3.63) is 34.2 Å². The van der Waals surface area contributed by atoms with Gasteiger partial charge >= 0.3 is 12.1 Å². The van der Waals surface area contributed by atoms with Crippen molar-refractivity contribution in [2.45, 2.75) is 32.3 Å². The van der Waals surface area contributed by atoms with E-state index in [0.717, 1.165) is 0 Å². The van der Waals surface area contributed by atoms with Crippen molar-refractivity contribution in [2.24, 2.45) is 7.05 Å². The predicted molar refractivity (Wildman–Crippen MR) is 76.3 cm³/mol. The highest BCUT2D eigenvalue weighted by molar-refractivity contribution is 5.77. The van der Waals surface area contributed by atoms with Gasteiger partial charge in [-0.3, -0.25) is 9.59 Å². The highest BCUT2D eigenvalue weighted by Gasteiger charge is 2.23. The van der Waals surface area contributed by atoms with Gasteiger partial charge in [0.25, 0.3) is 5.56 Å². The van der Waals surface area contributed by atoms with E-state index in [1.165, 1.54) is 22.9 Å². The number of hydrogen-bond acceptors (Lipinski definition) is 4. The van der Waals surface area contributed by atoms with Crippen LogP contribution >= 0.6 is 0 Å². The van der Waals surface area contributed by atoms with Crippen LogP contribution in [0.15, 0.2) is 23.1 Å². The zero-order valence-electron chi connectivity index (χ0n) is 12.5. The number of carboxylic acids is 1. The van der Waals surface area contributed by atoms with Gasteiger partial charge in [0, 0.05) is 25.9 Å². The highest BCUT2D eigenvalue weighted by atomic mass is 16.6. The van der Waals surface area contributed by atoms with Crippen molar-refractivity contribution >= 4 is 12.1 Å². The van der Waals surface area contributed by atoms with Crippen molar-refractivity contribution in [3.8, 4) is 0 Å². The minimum atomic E-state index is -1.13. The first-order valence-electron chi connectivity index (χ1n) is 6.46. The van der Waals surface area contributed by atoms with Crippen LogP contribution in [0.5, 0.6) is 0 Å². The van der Waals surface area contributed by atoms with E-state index < -0.39 is 23.6 Å². The molecule has 1 rings (SSSR count). The third-order valence-electron chi connectivity index (χ3n) is 2.68. The van der Waals surface area contributed by atoms with Crippen molar-refractivity contribution in [1.82, 2.24) is 9.88 Å². The van der Waals surface area contributed by atoms with Crippen molar-refractivity contribution in [2.75, 3.05) is 6.54 Å². The summed E-state index contributed by atoms with van der Waals surface area (Å²) in [6, 6.07) is 2.78. The van der Waals surface area contributed by atoms with Gasteiger partial charge in [0.05, 0.1) is 5.92 Å². The van der Waals surface area contributed by atoms with Gasteiger partial charge in [-0.15, -0.1) is 0 Å². The van der Waals surface area contributed by atoms with Crippen LogP contribution in [0, 0.1) is 0 Å². The van der Waals surface area contributed by atoms with Gasteiger partial charge < -0.3 is 19.7 Å². The monoisotopic (exact) mass is 296 g/mol.